The second kappa shape index (κ2) is 6.07. The SMILES string of the molecule is CC1CCC(/C=C/C2CCCCC2C)CC1C. The van der Waals surface area contributed by atoms with Crippen molar-refractivity contribution in [3.05, 3.63) is 12.2 Å². The fourth-order valence-electron chi connectivity index (χ4n) is 3.69. The van der Waals surface area contributed by atoms with Crippen molar-refractivity contribution < 1.29 is 0 Å². The van der Waals surface area contributed by atoms with Gasteiger partial charge in [-0.05, 0) is 55.3 Å². The van der Waals surface area contributed by atoms with Crippen LogP contribution in [-0.2, 0) is 0 Å². The third kappa shape index (κ3) is 3.60. The monoisotopic (exact) mass is 234 g/mol. The topological polar surface area (TPSA) is 0 Å². The molecular weight excluding hydrogens is 204 g/mol. The lowest BCUT2D eigenvalue weighted by Crippen LogP contribution is -2.20. The van der Waals surface area contributed by atoms with Crippen molar-refractivity contribution in [3.63, 3.8) is 0 Å². The van der Waals surface area contributed by atoms with Crippen LogP contribution in [0.1, 0.15) is 65.7 Å². The molecule has 2 rings (SSSR count). The van der Waals surface area contributed by atoms with Gasteiger partial charge in [0.25, 0.3) is 0 Å². The average molecular weight is 234 g/mol. The van der Waals surface area contributed by atoms with Gasteiger partial charge in [-0.3, -0.25) is 0 Å². The first kappa shape index (κ1) is 13.2. The van der Waals surface area contributed by atoms with Crippen LogP contribution in [0.3, 0.4) is 0 Å². The summed E-state index contributed by atoms with van der Waals surface area (Å²) in [5.41, 5.74) is 0. The Morgan fingerprint density at radius 2 is 1.47 bits per heavy atom. The molecule has 2 aliphatic rings. The van der Waals surface area contributed by atoms with Crippen LogP contribution >= 0.6 is 0 Å². The van der Waals surface area contributed by atoms with Crippen molar-refractivity contribution in [3.8, 4) is 0 Å². The summed E-state index contributed by atoms with van der Waals surface area (Å²) in [6.07, 6.45) is 15.3. The number of hydrogen-bond donors (Lipinski definition) is 0. The number of rotatable bonds is 2. The zero-order valence-corrected chi connectivity index (χ0v) is 12.0. The average Bonchev–Trinajstić information content (AvgIpc) is 2.32. The maximum absolute atomic E-state index is 2.58. The van der Waals surface area contributed by atoms with Gasteiger partial charge < -0.3 is 0 Å². The van der Waals surface area contributed by atoms with Crippen molar-refractivity contribution in [2.24, 2.45) is 29.6 Å². The first-order valence-electron chi connectivity index (χ1n) is 7.85. The van der Waals surface area contributed by atoms with Gasteiger partial charge in [-0.15, -0.1) is 0 Å². The molecule has 0 N–H and O–H groups in total. The smallest absolute Gasteiger partial charge is 0.0208 e. The van der Waals surface area contributed by atoms with E-state index in [0.29, 0.717) is 0 Å². The predicted octanol–water partition coefficient (Wildman–Crippen LogP) is 5.44. The van der Waals surface area contributed by atoms with Gasteiger partial charge in [0.1, 0.15) is 0 Å². The van der Waals surface area contributed by atoms with Crippen molar-refractivity contribution in [2.45, 2.75) is 65.7 Å². The third-order valence-electron chi connectivity index (χ3n) is 5.45. The van der Waals surface area contributed by atoms with Gasteiger partial charge in [0.2, 0.25) is 0 Å². The predicted molar refractivity (Wildman–Crippen MR) is 75.9 cm³/mol. The van der Waals surface area contributed by atoms with E-state index in [2.05, 4.69) is 32.9 Å². The summed E-state index contributed by atoms with van der Waals surface area (Å²) in [5.74, 6) is 4.59. The third-order valence-corrected chi connectivity index (χ3v) is 5.45. The van der Waals surface area contributed by atoms with Gasteiger partial charge in [0, 0.05) is 0 Å². The van der Waals surface area contributed by atoms with E-state index >= 15 is 0 Å². The zero-order valence-electron chi connectivity index (χ0n) is 12.0. The van der Waals surface area contributed by atoms with Crippen LogP contribution < -0.4 is 0 Å². The maximum atomic E-state index is 2.58. The quantitative estimate of drug-likeness (QED) is 0.558. The Bertz CT molecular complexity index is 253. The minimum Gasteiger partial charge on any atom is -0.0851 e. The first-order valence-corrected chi connectivity index (χ1v) is 7.85. The van der Waals surface area contributed by atoms with Crippen LogP contribution in [0.5, 0.6) is 0 Å². The molecule has 0 saturated heterocycles. The van der Waals surface area contributed by atoms with Crippen molar-refractivity contribution in [2.75, 3.05) is 0 Å². The molecule has 0 aliphatic heterocycles. The molecule has 5 unspecified atom stereocenters. The summed E-state index contributed by atoms with van der Waals surface area (Å²) in [4.78, 5) is 0. The van der Waals surface area contributed by atoms with E-state index in [1.54, 1.807) is 0 Å². The summed E-state index contributed by atoms with van der Waals surface area (Å²) < 4.78 is 0. The Balaban J connectivity index is 1.83. The van der Waals surface area contributed by atoms with Gasteiger partial charge in [-0.25, -0.2) is 0 Å². The highest BCUT2D eigenvalue weighted by Gasteiger charge is 2.24. The van der Waals surface area contributed by atoms with Gasteiger partial charge in [0.15, 0.2) is 0 Å². The summed E-state index contributed by atoms with van der Waals surface area (Å²) in [6.45, 7) is 7.31. The van der Waals surface area contributed by atoms with E-state index in [4.69, 9.17) is 0 Å². The minimum absolute atomic E-state index is 0.885. The van der Waals surface area contributed by atoms with E-state index in [-0.39, 0.29) is 0 Å². The standard InChI is InChI=1S/C17H30/c1-13-8-9-16(12-15(13)3)10-11-17-7-5-4-6-14(17)2/h10-11,13-17H,4-9,12H2,1-3H3/b11-10+. The van der Waals surface area contributed by atoms with E-state index in [0.717, 1.165) is 29.6 Å². The summed E-state index contributed by atoms with van der Waals surface area (Å²) in [6, 6.07) is 0. The van der Waals surface area contributed by atoms with E-state index in [9.17, 15) is 0 Å². The minimum atomic E-state index is 0.885. The zero-order chi connectivity index (χ0) is 12.3. The van der Waals surface area contributed by atoms with E-state index in [1.807, 2.05) is 0 Å². The van der Waals surface area contributed by atoms with E-state index < -0.39 is 0 Å². The Hall–Kier alpha value is -0.260. The largest absolute Gasteiger partial charge is 0.0851 e. The molecule has 0 bridgehead atoms. The molecule has 0 nitrogen and oxygen atoms in total. The van der Waals surface area contributed by atoms with Gasteiger partial charge in [-0.2, -0.15) is 0 Å². The molecule has 0 aromatic carbocycles. The molecule has 5 atom stereocenters. The van der Waals surface area contributed by atoms with Gasteiger partial charge in [0.05, 0.1) is 0 Å². The molecule has 98 valence electrons. The molecule has 0 aromatic heterocycles. The molecule has 2 fully saturated rings. The number of allylic oxidation sites excluding steroid dienone is 2. The van der Waals surface area contributed by atoms with Crippen LogP contribution in [0.4, 0.5) is 0 Å². The summed E-state index contributed by atoms with van der Waals surface area (Å²) in [5, 5.41) is 0. The lowest BCUT2D eigenvalue weighted by atomic mass is 9.74. The highest BCUT2D eigenvalue weighted by Crippen LogP contribution is 2.35. The Morgan fingerprint density at radius 1 is 0.706 bits per heavy atom. The van der Waals surface area contributed by atoms with Crippen LogP contribution in [0, 0.1) is 29.6 Å². The lowest BCUT2D eigenvalue weighted by molar-refractivity contribution is 0.235. The van der Waals surface area contributed by atoms with Crippen LogP contribution in [-0.4, -0.2) is 0 Å². The highest BCUT2D eigenvalue weighted by molar-refractivity contribution is 4.97. The van der Waals surface area contributed by atoms with Crippen molar-refractivity contribution in [1.82, 2.24) is 0 Å². The maximum Gasteiger partial charge on any atom is -0.0208 e. The Morgan fingerprint density at radius 3 is 2.18 bits per heavy atom. The normalized spacial score (nSPS) is 44.1. The highest BCUT2D eigenvalue weighted by atomic mass is 14.3. The molecule has 0 heteroatoms. The van der Waals surface area contributed by atoms with Crippen LogP contribution in [0.15, 0.2) is 12.2 Å². The molecule has 0 aromatic rings. The second-order valence-corrected chi connectivity index (χ2v) is 6.84. The lowest BCUT2D eigenvalue weighted by Gasteiger charge is -2.31. The van der Waals surface area contributed by atoms with E-state index in [1.165, 1.54) is 44.9 Å². The van der Waals surface area contributed by atoms with Gasteiger partial charge in [-0.1, -0.05) is 52.2 Å². The Kier molecular flexibility index (Phi) is 4.70. The van der Waals surface area contributed by atoms with Crippen LogP contribution in [0.2, 0.25) is 0 Å². The molecule has 2 aliphatic carbocycles. The molecule has 0 spiro atoms. The molecule has 2 saturated carbocycles. The molecule has 0 amide bonds. The summed E-state index contributed by atoms with van der Waals surface area (Å²) >= 11 is 0. The second-order valence-electron chi connectivity index (χ2n) is 6.84. The van der Waals surface area contributed by atoms with Crippen molar-refractivity contribution in [1.29, 1.82) is 0 Å². The van der Waals surface area contributed by atoms with Gasteiger partial charge >= 0.3 is 0 Å². The molecule has 17 heavy (non-hydrogen) atoms. The number of hydrogen-bond acceptors (Lipinski definition) is 0. The first-order chi connectivity index (χ1) is 8.16. The molecule has 0 radical (unpaired) electrons. The molecule has 0 heterocycles. The fourth-order valence-corrected chi connectivity index (χ4v) is 3.69. The Labute approximate surface area is 108 Å². The molecular formula is C17H30. The van der Waals surface area contributed by atoms with Crippen LogP contribution in [0.25, 0.3) is 0 Å². The fraction of sp³-hybridized carbons (Fsp3) is 0.882. The summed E-state index contributed by atoms with van der Waals surface area (Å²) in [7, 11) is 0. The van der Waals surface area contributed by atoms with Crippen molar-refractivity contribution >= 4 is 0 Å².